The van der Waals surface area contributed by atoms with Gasteiger partial charge in [0.05, 0.1) is 12.6 Å². The van der Waals surface area contributed by atoms with Crippen molar-refractivity contribution in [2.45, 2.75) is 31.6 Å². The Morgan fingerprint density at radius 1 is 1.50 bits per heavy atom. The maximum absolute atomic E-state index is 13.3. The molecule has 1 unspecified atom stereocenters. The van der Waals surface area contributed by atoms with Crippen LogP contribution in [0.5, 0.6) is 0 Å². The van der Waals surface area contributed by atoms with E-state index in [-0.39, 0.29) is 41.1 Å². The van der Waals surface area contributed by atoms with Crippen molar-refractivity contribution in [3.05, 3.63) is 35.6 Å². The van der Waals surface area contributed by atoms with Crippen molar-refractivity contribution in [2.75, 3.05) is 31.9 Å². The van der Waals surface area contributed by atoms with Gasteiger partial charge < -0.3 is 15.3 Å². The highest BCUT2D eigenvalue weighted by molar-refractivity contribution is 14.0. The largest absolute Gasteiger partial charge is 0.386 e. The molecule has 1 atom stereocenters. The van der Waals surface area contributed by atoms with Crippen LogP contribution in [0.3, 0.4) is 0 Å². The monoisotopic (exact) mass is 467 g/mol. The van der Waals surface area contributed by atoms with Crippen LogP contribution >= 0.6 is 35.7 Å². The zero-order chi connectivity index (χ0) is 16.9. The van der Waals surface area contributed by atoms with Crippen LogP contribution in [0, 0.1) is 5.82 Å². The summed E-state index contributed by atoms with van der Waals surface area (Å²) in [6.45, 7) is 9.34. The van der Waals surface area contributed by atoms with E-state index in [1.165, 1.54) is 12.1 Å². The van der Waals surface area contributed by atoms with Gasteiger partial charge in [0.2, 0.25) is 0 Å². The maximum atomic E-state index is 13.3. The van der Waals surface area contributed by atoms with Crippen LogP contribution in [0.25, 0.3) is 0 Å². The first kappa shape index (κ1) is 21.5. The predicted molar refractivity (Wildman–Crippen MR) is 111 cm³/mol. The Kier molecular flexibility index (Phi) is 8.80. The number of aliphatic imine (C=N–C) groups is 1. The molecule has 24 heavy (non-hydrogen) atoms. The molecule has 1 aliphatic rings. The van der Waals surface area contributed by atoms with Crippen LogP contribution in [0.2, 0.25) is 0 Å². The molecule has 7 heteroatoms. The van der Waals surface area contributed by atoms with Crippen LogP contribution in [0.1, 0.15) is 32.4 Å². The van der Waals surface area contributed by atoms with Gasteiger partial charge in [-0.1, -0.05) is 12.1 Å². The molecule has 2 N–H and O–H groups in total. The lowest BCUT2D eigenvalue weighted by Crippen LogP contribution is -2.51. The molecular weight excluding hydrogens is 440 g/mol. The summed E-state index contributed by atoms with van der Waals surface area (Å²) in [7, 11) is 0. The SMILES string of the molecule is CCNC(=NCC(O)c1cccc(F)c1)N1CCSC(C)(C)C1.I. The molecule has 0 aliphatic carbocycles. The first-order chi connectivity index (χ1) is 10.9. The molecule has 0 spiro atoms. The van der Waals surface area contributed by atoms with E-state index < -0.39 is 6.10 Å². The lowest BCUT2D eigenvalue weighted by molar-refractivity contribution is 0.186. The Morgan fingerprint density at radius 3 is 2.88 bits per heavy atom. The maximum Gasteiger partial charge on any atom is 0.194 e. The summed E-state index contributed by atoms with van der Waals surface area (Å²) in [5.41, 5.74) is 0.555. The lowest BCUT2D eigenvalue weighted by atomic mass is 10.1. The van der Waals surface area contributed by atoms with Crippen molar-refractivity contribution in [1.29, 1.82) is 0 Å². The average molecular weight is 467 g/mol. The first-order valence-electron chi connectivity index (χ1n) is 8.02. The number of nitrogens with one attached hydrogen (secondary N) is 1. The Balaban J connectivity index is 0.00000288. The number of rotatable bonds is 4. The molecule has 1 fully saturated rings. The van der Waals surface area contributed by atoms with E-state index >= 15 is 0 Å². The van der Waals surface area contributed by atoms with Gasteiger partial charge in [0.25, 0.3) is 0 Å². The molecule has 1 aromatic carbocycles. The van der Waals surface area contributed by atoms with Gasteiger partial charge in [-0.2, -0.15) is 11.8 Å². The Hall–Kier alpha value is -0.540. The van der Waals surface area contributed by atoms with Crippen molar-refractivity contribution in [2.24, 2.45) is 4.99 Å². The van der Waals surface area contributed by atoms with E-state index in [1.54, 1.807) is 12.1 Å². The second-order valence-electron chi connectivity index (χ2n) is 6.30. The normalized spacial score (nSPS) is 18.7. The fraction of sp³-hybridized carbons (Fsp3) is 0.588. The minimum atomic E-state index is -0.800. The molecule has 136 valence electrons. The van der Waals surface area contributed by atoms with Crippen LogP contribution < -0.4 is 5.32 Å². The Morgan fingerprint density at radius 2 is 2.25 bits per heavy atom. The summed E-state index contributed by atoms with van der Waals surface area (Å²) in [5, 5.41) is 13.5. The molecule has 1 aliphatic heterocycles. The Labute approximate surface area is 165 Å². The molecule has 0 saturated carbocycles. The average Bonchev–Trinajstić information content (AvgIpc) is 2.50. The second-order valence-corrected chi connectivity index (χ2v) is 8.10. The highest BCUT2D eigenvalue weighted by Gasteiger charge is 2.28. The van der Waals surface area contributed by atoms with Crippen molar-refractivity contribution in [3.8, 4) is 0 Å². The van der Waals surface area contributed by atoms with E-state index in [2.05, 4.69) is 29.1 Å². The van der Waals surface area contributed by atoms with E-state index in [0.29, 0.717) is 5.56 Å². The predicted octanol–water partition coefficient (Wildman–Crippen LogP) is 3.27. The summed E-state index contributed by atoms with van der Waals surface area (Å²) in [4.78, 5) is 6.79. The van der Waals surface area contributed by atoms with Gasteiger partial charge in [0, 0.05) is 30.1 Å². The molecular formula is C17H27FIN3OS. The van der Waals surface area contributed by atoms with Crippen molar-refractivity contribution < 1.29 is 9.50 Å². The third-order valence-electron chi connectivity index (χ3n) is 3.71. The fourth-order valence-corrected chi connectivity index (χ4v) is 3.73. The molecule has 0 bridgehead atoms. The standard InChI is InChI=1S/C17H26FN3OS.HI/c1-4-19-16(21-8-9-23-17(2,3)12-21)20-11-15(22)13-6-5-7-14(18)10-13;/h5-7,10,15,22H,4,8-9,11-12H2,1-3H3,(H,19,20);1H. The number of guanidine groups is 1. The van der Waals surface area contributed by atoms with E-state index in [1.807, 2.05) is 18.7 Å². The van der Waals surface area contributed by atoms with Gasteiger partial charge in [0.15, 0.2) is 5.96 Å². The van der Waals surface area contributed by atoms with Crippen molar-refractivity contribution in [1.82, 2.24) is 10.2 Å². The number of halogens is 2. The minimum Gasteiger partial charge on any atom is -0.386 e. The zero-order valence-electron chi connectivity index (χ0n) is 14.5. The first-order valence-corrected chi connectivity index (χ1v) is 9.00. The number of benzene rings is 1. The quantitative estimate of drug-likeness (QED) is 0.406. The number of aliphatic hydroxyl groups excluding tert-OH is 1. The van der Waals surface area contributed by atoms with Crippen LogP contribution in [-0.4, -0.2) is 52.6 Å². The summed E-state index contributed by atoms with van der Waals surface area (Å²) in [6.07, 6.45) is -0.800. The van der Waals surface area contributed by atoms with Crippen LogP contribution in [0.4, 0.5) is 4.39 Å². The smallest absolute Gasteiger partial charge is 0.194 e. The molecule has 0 aromatic heterocycles. The number of hydrogen-bond donors (Lipinski definition) is 2. The highest BCUT2D eigenvalue weighted by atomic mass is 127. The molecule has 2 rings (SSSR count). The Bertz CT molecular complexity index is 556. The van der Waals surface area contributed by atoms with E-state index in [4.69, 9.17) is 0 Å². The summed E-state index contributed by atoms with van der Waals surface area (Å²) in [5.74, 6) is 1.53. The topological polar surface area (TPSA) is 47.9 Å². The number of nitrogens with zero attached hydrogens (tertiary/aromatic N) is 2. The van der Waals surface area contributed by atoms with Gasteiger partial charge in [0.1, 0.15) is 5.82 Å². The molecule has 0 amide bonds. The summed E-state index contributed by atoms with van der Waals surface area (Å²) in [6, 6.07) is 6.05. The van der Waals surface area contributed by atoms with Gasteiger partial charge in [-0.15, -0.1) is 24.0 Å². The summed E-state index contributed by atoms with van der Waals surface area (Å²) >= 11 is 1.97. The number of hydrogen-bond acceptors (Lipinski definition) is 3. The van der Waals surface area contributed by atoms with Crippen molar-refractivity contribution >= 4 is 41.7 Å². The number of thioether (sulfide) groups is 1. The van der Waals surface area contributed by atoms with Gasteiger partial charge in [-0.3, -0.25) is 4.99 Å². The zero-order valence-corrected chi connectivity index (χ0v) is 17.6. The highest BCUT2D eigenvalue weighted by Crippen LogP contribution is 2.29. The van der Waals surface area contributed by atoms with E-state index in [0.717, 1.165) is 31.3 Å². The van der Waals surface area contributed by atoms with Gasteiger partial charge in [-0.25, -0.2) is 4.39 Å². The molecule has 0 radical (unpaired) electrons. The van der Waals surface area contributed by atoms with Crippen LogP contribution in [0.15, 0.2) is 29.3 Å². The lowest BCUT2D eigenvalue weighted by Gasteiger charge is -2.39. The summed E-state index contributed by atoms with van der Waals surface area (Å²) < 4.78 is 13.4. The van der Waals surface area contributed by atoms with Gasteiger partial charge in [-0.05, 0) is 38.5 Å². The third kappa shape index (κ3) is 6.40. The van der Waals surface area contributed by atoms with Crippen LogP contribution in [-0.2, 0) is 0 Å². The van der Waals surface area contributed by atoms with E-state index in [9.17, 15) is 9.50 Å². The van der Waals surface area contributed by atoms with Gasteiger partial charge >= 0.3 is 0 Å². The minimum absolute atomic E-state index is 0. The van der Waals surface area contributed by atoms with Crippen molar-refractivity contribution in [3.63, 3.8) is 0 Å². The third-order valence-corrected chi connectivity index (χ3v) is 5.00. The molecule has 1 aromatic rings. The fourth-order valence-electron chi connectivity index (χ4n) is 2.62. The molecule has 1 saturated heterocycles. The molecule has 1 heterocycles. The number of aliphatic hydroxyl groups is 1. The second kappa shape index (κ2) is 9.82. The molecule has 4 nitrogen and oxygen atoms in total.